The molecule has 0 radical (unpaired) electrons. The van der Waals surface area contributed by atoms with E-state index in [4.69, 9.17) is 5.73 Å². The number of rotatable bonds is 3. The van der Waals surface area contributed by atoms with Crippen molar-refractivity contribution in [1.82, 2.24) is 0 Å². The molecule has 1 aromatic carbocycles. The van der Waals surface area contributed by atoms with Crippen molar-refractivity contribution in [2.45, 2.75) is 33.2 Å². The molecule has 2 nitrogen and oxygen atoms in total. The smallest absolute Gasteiger partial charge is 0.124 e. The fourth-order valence-electron chi connectivity index (χ4n) is 1.68. The lowest BCUT2D eigenvalue weighted by atomic mass is 9.95. The Morgan fingerprint density at radius 3 is 2.53 bits per heavy atom. The van der Waals surface area contributed by atoms with Crippen LogP contribution >= 0.6 is 0 Å². The number of phenols is 1. The van der Waals surface area contributed by atoms with Crippen LogP contribution in [0.5, 0.6) is 5.75 Å². The number of nitrogens with two attached hydrogens (primary N) is 1. The fraction of sp³-hybridized carbons (Fsp3) is 0.500. The summed E-state index contributed by atoms with van der Waals surface area (Å²) >= 11 is 0. The molecular weight excluding hydrogens is 193 g/mol. The van der Waals surface area contributed by atoms with Crippen molar-refractivity contribution in [1.29, 1.82) is 0 Å². The topological polar surface area (TPSA) is 46.2 Å². The van der Waals surface area contributed by atoms with E-state index in [1.165, 1.54) is 12.1 Å². The lowest BCUT2D eigenvalue weighted by molar-refractivity contribution is 0.438. The first-order chi connectivity index (χ1) is 6.91. The van der Waals surface area contributed by atoms with E-state index in [-0.39, 0.29) is 17.6 Å². The van der Waals surface area contributed by atoms with Gasteiger partial charge in [-0.1, -0.05) is 13.8 Å². The number of hydrogen-bond donors (Lipinski definition) is 2. The van der Waals surface area contributed by atoms with Crippen LogP contribution in [-0.2, 0) is 0 Å². The van der Waals surface area contributed by atoms with Crippen molar-refractivity contribution in [3.8, 4) is 5.75 Å². The Morgan fingerprint density at radius 2 is 2.00 bits per heavy atom. The third-order valence-corrected chi connectivity index (χ3v) is 2.42. The summed E-state index contributed by atoms with van der Waals surface area (Å²) in [4.78, 5) is 0. The standard InChI is InChI=1S/C12H18FNO/c1-7(2)4-11(14)10-6-9(13)5-8(3)12(10)15/h5-7,11,15H,4,14H2,1-3H3/t11-/m0/s1. The minimum absolute atomic E-state index is 0.115. The molecule has 0 aromatic heterocycles. The van der Waals surface area contributed by atoms with E-state index in [0.29, 0.717) is 17.0 Å². The third kappa shape index (κ3) is 2.93. The van der Waals surface area contributed by atoms with Crippen LogP contribution in [0.15, 0.2) is 12.1 Å². The molecule has 0 aliphatic rings. The normalized spacial score (nSPS) is 13.2. The molecule has 3 heteroatoms. The van der Waals surface area contributed by atoms with Gasteiger partial charge in [-0.3, -0.25) is 0 Å². The SMILES string of the molecule is Cc1cc(F)cc([C@@H](N)CC(C)C)c1O. The molecule has 1 atom stereocenters. The summed E-state index contributed by atoms with van der Waals surface area (Å²) in [5.41, 5.74) is 6.94. The summed E-state index contributed by atoms with van der Waals surface area (Å²) in [7, 11) is 0. The first-order valence-electron chi connectivity index (χ1n) is 5.16. The molecule has 0 spiro atoms. The number of aromatic hydroxyl groups is 1. The van der Waals surface area contributed by atoms with E-state index in [1.54, 1.807) is 6.92 Å². The number of phenolic OH excluding ortho intramolecular Hbond substituents is 1. The van der Waals surface area contributed by atoms with Crippen LogP contribution < -0.4 is 5.73 Å². The van der Waals surface area contributed by atoms with Gasteiger partial charge in [-0.15, -0.1) is 0 Å². The second-order valence-electron chi connectivity index (χ2n) is 4.40. The van der Waals surface area contributed by atoms with E-state index < -0.39 is 0 Å². The first-order valence-corrected chi connectivity index (χ1v) is 5.16. The number of hydrogen-bond acceptors (Lipinski definition) is 2. The van der Waals surface area contributed by atoms with Gasteiger partial charge in [-0.25, -0.2) is 4.39 Å². The molecule has 0 heterocycles. The molecule has 0 aliphatic heterocycles. The van der Waals surface area contributed by atoms with Crippen LogP contribution in [-0.4, -0.2) is 5.11 Å². The van der Waals surface area contributed by atoms with Gasteiger partial charge in [-0.2, -0.15) is 0 Å². The van der Waals surface area contributed by atoms with Gasteiger partial charge in [0.1, 0.15) is 11.6 Å². The van der Waals surface area contributed by atoms with Crippen LogP contribution in [0.3, 0.4) is 0 Å². The average Bonchev–Trinajstić information content (AvgIpc) is 2.09. The molecule has 3 N–H and O–H groups in total. The van der Waals surface area contributed by atoms with Gasteiger partial charge in [-0.05, 0) is 37.0 Å². The van der Waals surface area contributed by atoms with E-state index in [0.717, 1.165) is 6.42 Å². The number of halogens is 1. The van der Waals surface area contributed by atoms with Gasteiger partial charge in [0.25, 0.3) is 0 Å². The Hall–Kier alpha value is -1.09. The first kappa shape index (κ1) is 12.0. The summed E-state index contributed by atoms with van der Waals surface area (Å²) in [5, 5.41) is 9.76. The predicted octanol–water partition coefficient (Wildman–Crippen LogP) is 2.89. The maximum atomic E-state index is 13.1. The second kappa shape index (κ2) is 4.62. The lowest BCUT2D eigenvalue weighted by Gasteiger charge is -2.17. The van der Waals surface area contributed by atoms with Crippen LogP contribution in [0.2, 0.25) is 0 Å². The van der Waals surface area contributed by atoms with Crippen molar-refractivity contribution in [3.05, 3.63) is 29.1 Å². The Balaban J connectivity index is 3.02. The van der Waals surface area contributed by atoms with Crippen molar-refractivity contribution in [2.75, 3.05) is 0 Å². The minimum atomic E-state index is -0.348. The van der Waals surface area contributed by atoms with Gasteiger partial charge in [0.05, 0.1) is 0 Å². The number of benzene rings is 1. The van der Waals surface area contributed by atoms with Gasteiger partial charge < -0.3 is 10.8 Å². The average molecular weight is 211 g/mol. The molecule has 0 fully saturated rings. The highest BCUT2D eigenvalue weighted by molar-refractivity contribution is 5.41. The lowest BCUT2D eigenvalue weighted by Crippen LogP contribution is -2.13. The highest BCUT2D eigenvalue weighted by Crippen LogP contribution is 2.30. The van der Waals surface area contributed by atoms with Crippen LogP contribution in [0.1, 0.15) is 37.4 Å². The van der Waals surface area contributed by atoms with E-state index in [9.17, 15) is 9.50 Å². The molecule has 15 heavy (non-hydrogen) atoms. The molecule has 1 rings (SSSR count). The molecular formula is C12H18FNO. The monoisotopic (exact) mass is 211 g/mol. The Labute approximate surface area is 89.9 Å². The largest absolute Gasteiger partial charge is 0.507 e. The fourth-order valence-corrected chi connectivity index (χ4v) is 1.68. The van der Waals surface area contributed by atoms with Gasteiger partial charge in [0.2, 0.25) is 0 Å². The van der Waals surface area contributed by atoms with Gasteiger partial charge in [0, 0.05) is 11.6 Å². The zero-order chi connectivity index (χ0) is 11.6. The number of aryl methyl sites for hydroxylation is 1. The molecule has 0 amide bonds. The zero-order valence-electron chi connectivity index (χ0n) is 9.42. The quantitative estimate of drug-likeness (QED) is 0.807. The molecule has 84 valence electrons. The van der Waals surface area contributed by atoms with E-state index in [1.807, 2.05) is 13.8 Å². The minimum Gasteiger partial charge on any atom is -0.507 e. The Morgan fingerprint density at radius 1 is 1.40 bits per heavy atom. The Kier molecular flexibility index (Phi) is 3.69. The maximum Gasteiger partial charge on any atom is 0.124 e. The summed E-state index contributed by atoms with van der Waals surface area (Å²) in [6, 6.07) is 2.32. The molecule has 0 unspecified atom stereocenters. The Bertz CT molecular complexity index is 350. The predicted molar refractivity (Wildman–Crippen MR) is 59.2 cm³/mol. The van der Waals surface area contributed by atoms with Crippen LogP contribution in [0.4, 0.5) is 4.39 Å². The van der Waals surface area contributed by atoms with Gasteiger partial charge in [0.15, 0.2) is 0 Å². The molecule has 0 bridgehead atoms. The summed E-state index contributed by atoms with van der Waals surface area (Å²) in [5.74, 6) is 0.187. The summed E-state index contributed by atoms with van der Waals surface area (Å²) in [6.45, 7) is 5.76. The van der Waals surface area contributed by atoms with Gasteiger partial charge >= 0.3 is 0 Å². The third-order valence-electron chi connectivity index (χ3n) is 2.42. The van der Waals surface area contributed by atoms with Crippen molar-refractivity contribution < 1.29 is 9.50 Å². The van der Waals surface area contributed by atoms with Crippen molar-refractivity contribution in [2.24, 2.45) is 11.7 Å². The van der Waals surface area contributed by atoms with Crippen molar-refractivity contribution in [3.63, 3.8) is 0 Å². The summed E-state index contributed by atoms with van der Waals surface area (Å²) < 4.78 is 13.1. The molecule has 1 aromatic rings. The molecule has 0 saturated carbocycles. The summed E-state index contributed by atoms with van der Waals surface area (Å²) in [6.07, 6.45) is 0.733. The van der Waals surface area contributed by atoms with E-state index >= 15 is 0 Å². The van der Waals surface area contributed by atoms with Crippen molar-refractivity contribution >= 4 is 0 Å². The zero-order valence-corrected chi connectivity index (χ0v) is 9.42. The molecule has 0 aliphatic carbocycles. The second-order valence-corrected chi connectivity index (χ2v) is 4.40. The van der Waals surface area contributed by atoms with Crippen LogP contribution in [0.25, 0.3) is 0 Å². The maximum absolute atomic E-state index is 13.1. The van der Waals surface area contributed by atoms with E-state index in [2.05, 4.69) is 0 Å². The van der Waals surface area contributed by atoms with Crippen LogP contribution in [0, 0.1) is 18.7 Å². The molecule has 0 saturated heterocycles. The highest BCUT2D eigenvalue weighted by atomic mass is 19.1. The highest BCUT2D eigenvalue weighted by Gasteiger charge is 2.15.